The Morgan fingerprint density at radius 1 is 1.33 bits per heavy atom. The third kappa shape index (κ3) is 6.97. The van der Waals surface area contributed by atoms with Gasteiger partial charge in [0.1, 0.15) is 24.3 Å². The Kier molecular flexibility index (Phi) is 6.73. The van der Waals surface area contributed by atoms with Crippen molar-refractivity contribution >= 4 is 5.97 Å². The monoisotopic (exact) mass is 333 g/mol. The number of ether oxygens (including phenoxy) is 2. The molecule has 0 aliphatic rings. The molecule has 1 rings (SSSR count). The van der Waals surface area contributed by atoms with Gasteiger partial charge in [0, 0.05) is 18.3 Å². The summed E-state index contributed by atoms with van der Waals surface area (Å²) in [4.78, 5) is 16.2. The van der Waals surface area contributed by atoms with Crippen molar-refractivity contribution in [3.8, 4) is 11.9 Å². The van der Waals surface area contributed by atoms with Gasteiger partial charge in [-0.25, -0.2) is 4.98 Å². The molecular formula is C18H27N3O3. The van der Waals surface area contributed by atoms with Gasteiger partial charge in [-0.3, -0.25) is 4.79 Å². The molecule has 0 aromatic carbocycles. The highest BCUT2D eigenvalue weighted by atomic mass is 16.6. The van der Waals surface area contributed by atoms with Crippen LogP contribution in [0.4, 0.5) is 0 Å². The van der Waals surface area contributed by atoms with Gasteiger partial charge in [0.2, 0.25) is 5.88 Å². The average Bonchev–Trinajstić information content (AvgIpc) is 2.48. The number of hydrogen-bond donors (Lipinski definition) is 1. The molecule has 0 aliphatic heterocycles. The van der Waals surface area contributed by atoms with E-state index in [1.165, 1.54) is 0 Å². The fourth-order valence-corrected chi connectivity index (χ4v) is 1.65. The number of pyridine rings is 1. The van der Waals surface area contributed by atoms with Crippen molar-refractivity contribution in [2.45, 2.75) is 53.2 Å². The molecule has 0 aliphatic carbocycles. The molecule has 0 saturated heterocycles. The lowest BCUT2D eigenvalue weighted by Gasteiger charge is -2.27. The normalized spacial score (nSPS) is 13.0. The predicted molar refractivity (Wildman–Crippen MR) is 91.5 cm³/mol. The summed E-state index contributed by atoms with van der Waals surface area (Å²) in [5, 5.41) is 12.4. The zero-order valence-electron chi connectivity index (χ0n) is 15.3. The van der Waals surface area contributed by atoms with Crippen LogP contribution in [-0.4, -0.2) is 35.7 Å². The SMILES string of the molecule is CC(C)(C)NCC(COc1ncccc1C#N)OC(=O)C(C)(C)C. The van der Waals surface area contributed by atoms with Gasteiger partial charge in [-0.15, -0.1) is 0 Å². The van der Waals surface area contributed by atoms with Gasteiger partial charge in [-0.05, 0) is 53.7 Å². The number of esters is 1. The van der Waals surface area contributed by atoms with E-state index < -0.39 is 11.5 Å². The number of carbonyl (C=O) groups excluding carboxylic acids is 1. The molecule has 0 spiro atoms. The second-order valence-electron chi connectivity index (χ2n) is 7.69. The third-order valence-corrected chi connectivity index (χ3v) is 3.04. The zero-order valence-corrected chi connectivity index (χ0v) is 15.3. The number of hydrogen-bond acceptors (Lipinski definition) is 6. The van der Waals surface area contributed by atoms with E-state index in [-0.39, 0.29) is 24.0 Å². The highest BCUT2D eigenvalue weighted by Crippen LogP contribution is 2.18. The first kappa shape index (κ1) is 19.9. The van der Waals surface area contributed by atoms with Crippen LogP contribution in [-0.2, 0) is 9.53 Å². The summed E-state index contributed by atoms with van der Waals surface area (Å²) in [6, 6.07) is 5.33. The highest BCUT2D eigenvalue weighted by molar-refractivity contribution is 5.75. The van der Waals surface area contributed by atoms with E-state index in [2.05, 4.69) is 10.3 Å². The number of rotatable bonds is 6. The molecule has 0 fully saturated rings. The molecule has 1 N–H and O–H groups in total. The minimum atomic E-state index is -0.594. The Balaban J connectivity index is 2.77. The van der Waals surface area contributed by atoms with E-state index in [1.54, 1.807) is 39.1 Å². The summed E-state index contributed by atoms with van der Waals surface area (Å²) in [6.07, 6.45) is 1.07. The third-order valence-electron chi connectivity index (χ3n) is 3.04. The molecular weight excluding hydrogens is 306 g/mol. The lowest BCUT2D eigenvalue weighted by molar-refractivity contribution is -0.160. The van der Waals surface area contributed by atoms with Crippen molar-refractivity contribution < 1.29 is 14.3 Å². The van der Waals surface area contributed by atoms with Crippen LogP contribution in [0.5, 0.6) is 5.88 Å². The van der Waals surface area contributed by atoms with Crippen LogP contribution in [0.3, 0.4) is 0 Å². The minimum absolute atomic E-state index is 0.116. The molecule has 24 heavy (non-hydrogen) atoms. The standard InChI is InChI=1S/C18H27N3O3/c1-17(2,3)16(22)24-14(11-21-18(4,5)6)12-23-15-13(10-19)8-7-9-20-15/h7-9,14,21H,11-12H2,1-6H3. The molecule has 1 heterocycles. The smallest absolute Gasteiger partial charge is 0.311 e. The van der Waals surface area contributed by atoms with Crippen LogP contribution in [0.2, 0.25) is 0 Å². The number of nitriles is 1. The Morgan fingerprint density at radius 3 is 2.54 bits per heavy atom. The van der Waals surface area contributed by atoms with Gasteiger partial charge in [-0.1, -0.05) is 0 Å². The van der Waals surface area contributed by atoms with Gasteiger partial charge < -0.3 is 14.8 Å². The summed E-state index contributed by atoms with van der Waals surface area (Å²) >= 11 is 0. The second kappa shape index (κ2) is 8.11. The topological polar surface area (TPSA) is 84.2 Å². The number of nitrogens with one attached hydrogen (secondary N) is 1. The fourth-order valence-electron chi connectivity index (χ4n) is 1.65. The summed E-state index contributed by atoms with van der Waals surface area (Å²) in [5.74, 6) is -0.0547. The Morgan fingerprint density at radius 2 is 2.00 bits per heavy atom. The van der Waals surface area contributed by atoms with E-state index in [9.17, 15) is 4.79 Å². The fraction of sp³-hybridized carbons (Fsp3) is 0.611. The van der Waals surface area contributed by atoms with Crippen LogP contribution < -0.4 is 10.1 Å². The maximum atomic E-state index is 12.2. The summed E-state index contributed by atoms with van der Waals surface area (Å²) in [7, 11) is 0. The van der Waals surface area contributed by atoms with E-state index in [4.69, 9.17) is 14.7 Å². The number of carbonyl (C=O) groups is 1. The molecule has 0 radical (unpaired) electrons. The van der Waals surface area contributed by atoms with Crippen molar-refractivity contribution in [1.29, 1.82) is 5.26 Å². The molecule has 1 atom stereocenters. The van der Waals surface area contributed by atoms with E-state index in [1.807, 2.05) is 26.8 Å². The quantitative estimate of drug-likeness (QED) is 0.806. The molecule has 0 amide bonds. The van der Waals surface area contributed by atoms with Crippen molar-refractivity contribution in [3.05, 3.63) is 23.9 Å². The lowest BCUT2D eigenvalue weighted by atomic mass is 9.97. The molecule has 0 saturated carbocycles. The van der Waals surface area contributed by atoms with Crippen LogP contribution in [0.15, 0.2) is 18.3 Å². The van der Waals surface area contributed by atoms with Gasteiger partial charge in [0.05, 0.1) is 5.41 Å². The largest absolute Gasteiger partial charge is 0.473 e. The average molecular weight is 333 g/mol. The summed E-state index contributed by atoms with van der Waals surface area (Å²) in [5.41, 5.74) is -0.361. The molecule has 1 aromatic heterocycles. The van der Waals surface area contributed by atoms with Crippen LogP contribution in [0.25, 0.3) is 0 Å². The maximum Gasteiger partial charge on any atom is 0.311 e. The second-order valence-corrected chi connectivity index (χ2v) is 7.69. The first-order chi connectivity index (χ1) is 11.0. The Bertz CT molecular complexity index is 595. The first-order valence-electron chi connectivity index (χ1n) is 7.97. The minimum Gasteiger partial charge on any atom is -0.473 e. The van der Waals surface area contributed by atoms with Crippen molar-refractivity contribution in [3.63, 3.8) is 0 Å². The number of aromatic nitrogens is 1. The van der Waals surface area contributed by atoms with Gasteiger partial charge >= 0.3 is 5.97 Å². The summed E-state index contributed by atoms with van der Waals surface area (Å²) < 4.78 is 11.2. The van der Waals surface area contributed by atoms with E-state index in [0.717, 1.165) is 0 Å². The maximum absolute atomic E-state index is 12.2. The Hall–Kier alpha value is -2.13. The van der Waals surface area contributed by atoms with Gasteiger partial charge in [-0.2, -0.15) is 5.26 Å². The molecule has 1 unspecified atom stereocenters. The zero-order chi connectivity index (χ0) is 18.4. The Labute approximate surface area is 144 Å². The van der Waals surface area contributed by atoms with Crippen LogP contribution in [0, 0.1) is 16.7 Å². The van der Waals surface area contributed by atoms with E-state index >= 15 is 0 Å². The summed E-state index contributed by atoms with van der Waals surface area (Å²) in [6.45, 7) is 12.1. The number of nitrogens with zero attached hydrogens (tertiary/aromatic N) is 2. The molecule has 6 nitrogen and oxygen atoms in total. The highest BCUT2D eigenvalue weighted by Gasteiger charge is 2.27. The van der Waals surface area contributed by atoms with E-state index in [0.29, 0.717) is 12.1 Å². The molecule has 1 aromatic rings. The lowest BCUT2D eigenvalue weighted by Crippen LogP contribution is -2.45. The van der Waals surface area contributed by atoms with Crippen LogP contribution >= 0.6 is 0 Å². The predicted octanol–water partition coefficient (Wildman–Crippen LogP) is 2.68. The molecule has 6 heteroatoms. The van der Waals surface area contributed by atoms with Gasteiger partial charge in [0.25, 0.3) is 0 Å². The van der Waals surface area contributed by atoms with Gasteiger partial charge in [0.15, 0.2) is 0 Å². The van der Waals surface area contributed by atoms with Crippen molar-refractivity contribution in [2.24, 2.45) is 5.41 Å². The molecule has 0 bridgehead atoms. The molecule has 132 valence electrons. The van der Waals surface area contributed by atoms with Crippen molar-refractivity contribution in [2.75, 3.05) is 13.2 Å². The first-order valence-corrected chi connectivity index (χ1v) is 7.97. The van der Waals surface area contributed by atoms with Crippen LogP contribution in [0.1, 0.15) is 47.1 Å². The van der Waals surface area contributed by atoms with Crippen molar-refractivity contribution in [1.82, 2.24) is 10.3 Å².